The van der Waals surface area contributed by atoms with Gasteiger partial charge in [0, 0.05) is 17.7 Å². The minimum absolute atomic E-state index is 0. The first-order valence-corrected chi connectivity index (χ1v) is 8.19. The molecule has 1 aromatic carbocycles. The molecule has 1 saturated carbocycles. The zero-order chi connectivity index (χ0) is 18.0. The maximum Gasteiger partial charge on any atom is 0.189 e. The maximum absolute atomic E-state index is 8.91. The molecule has 0 amide bonds. The van der Waals surface area contributed by atoms with E-state index in [1.54, 1.807) is 0 Å². The normalized spacial score (nSPS) is 16.2. The molecular weight excluding hydrogens is 346 g/mol. The minimum Gasteiger partial charge on any atom is -0.467 e. The average Bonchev–Trinajstić information content (AvgIpc) is 2.63. The number of ether oxygens (including phenoxy) is 2. The van der Waals surface area contributed by atoms with Crippen molar-refractivity contribution in [1.29, 1.82) is 0 Å². The molecule has 1 aromatic rings. The smallest absolute Gasteiger partial charge is 0.189 e. The third-order valence-corrected chi connectivity index (χ3v) is 4.49. The second kappa shape index (κ2) is 11.9. The van der Waals surface area contributed by atoms with Gasteiger partial charge in [-0.15, -0.1) is 12.4 Å². The van der Waals surface area contributed by atoms with Gasteiger partial charge in [0.25, 0.3) is 0 Å². The fourth-order valence-corrected chi connectivity index (χ4v) is 3.13. The maximum atomic E-state index is 8.91. The molecule has 0 spiro atoms. The van der Waals surface area contributed by atoms with Crippen LogP contribution in [0.4, 0.5) is 0 Å². The number of oxime groups is 1. The first-order chi connectivity index (χ1) is 11.6. The van der Waals surface area contributed by atoms with Gasteiger partial charge in [-0.1, -0.05) is 31.3 Å². The van der Waals surface area contributed by atoms with Crippen LogP contribution >= 0.6 is 12.4 Å². The molecule has 25 heavy (non-hydrogen) atoms. The number of benzene rings is 1. The minimum atomic E-state index is 0. The van der Waals surface area contributed by atoms with Crippen LogP contribution in [-0.4, -0.2) is 29.6 Å². The highest BCUT2D eigenvalue weighted by Crippen LogP contribution is 2.43. The zero-order valence-corrected chi connectivity index (χ0v) is 15.7. The Labute approximate surface area is 155 Å². The van der Waals surface area contributed by atoms with Gasteiger partial charge in [-0.3, -0.25) is 0 Å². The summed E-state index contributed by atoms with van der Waals surface area (Å²) in [6.07, 6.45) is 5.96. The van der Waals surface area contributed by atoms with Crippen molar-refractivity contribution in [2.45, 2.75) is 51.4 Å². The van der Waals surface area contributed by atoms with Crippen molar-refractivity contribution in [1.82, 2.24) is 0 Å². The molecule has 0 saturated heterocycles. The predicted octanol–water partition coefficient (Wildman–Crippen LogP) is 3.13. The summed E-state index contributed by atoms with van der Waals surface area (Å²) < 4.78 is 11.1. The lowest BCUT2D eigenvalue weighted by atomic mass is 9.70. The Balaban J connectivity index is 0.00000185. The van der Waals surface area contributed by atoms with Gasteiger partial charge in [-0.05, 0) is 43.4 Å². The molecule has 1 fully saturated rings. The fourth-order valence-electron chi connectivity index (χ4n) is 3.13. The van der Waals surface area contributed by atoms with E-state index in [2.05, 4.69) is 18.0 Å². The molecule has 0 bridgehead atoms. The highest BCUT2D eigenvalue weighted by Gasteiger charge is 2.32. The number of nitrogens with two attached hydrogens (primary N) is 2. The third kappa shape index (κ3) is 6.36. The summed E-state index contributed by atoms with van der Waals surface area (Å²) in [6.45, 7) is 5.07. The Morgan fingerprint density at radius 1 is 1.24 bits per heavy atom. The highest BCUT2D eigenvalue weighted by molar-refractivity contribution is 5.97. The Bertz CT molecular complexity index is 535. The number of hydrogen-bond donors (Lipinski definition) is 4. The second-order valence-corrected chi connectivity index (χ2v) is 6.07. The van der Waals surface area contributed by atoms with E-state index in [1.807, 2.05) is 25.1 Å². The third-order valence-electron chi connectivity index (χ3n) is 4.49. The van der Waals surface area contributed by atoms with Gasteiger partial charge in [0.2, 0.25) is 0 Å². The Kier molecular flexibility index (Phi) is 11.2. The number of hydrogen-bond acceptors (Lipinski definition) is 6. The lowest BCUT2D eigenvalue weighted by Gasteiger charge is -2.35. The number of halogens is 1. The van der Waals surface area contributed by atoms with Crippen LogP contribution in [0.3, 0.4) is 0 Å². The lowest BCUT2D eigenvalue weighted by molar-refractivity contribution is 0.0209. The van der Waals surface area contributed by atoms with Gasteiger partial charge in [0.1, 0.15) is 5.75 Å². The largest absolute Gasteiger partial charge is 0.467 e. The monoisotopic (exact) mass is 375 g/mol. The molecule has 0 radical (unpaired) electrons. The van der Waals surface area contributed by atoms with Crippen LogP contribution in [0, 0.1) is 0 Å². The van der Waals surface area contributed by atoms with Crippen LogP contribution < -0.4 is 16.4 Å². The first-order valence-electron chi connectivity index (χ1n) is 8.19. The molecule has 0 aromatic heterocycles. The van der Waals surface area contributed by atoms with Crippen LogP contribution in [0.15, 0.2) is 23.4 Å². The molecule has 7 nitrogen and oxygen atoms in total. The van der Waals surface area contributed by atoms with E-state index >= 15 is 0 Å². The fraction of sp³-hybridized carbons (Fsp3) is 0.588. The van der Waals surface area contributed by atoms with Crippen molar-refractivity contribution in [2.75, 3.05) is 13.4 Å². The van der Waals surface area contributed by atoms with E-state index in [0.717, 1.165) is 24.2 Å². The van der Waals surface area contributed by atoms with Gasteiger partial charge < -0.3 is 25.6 Å². The number of rotatable bonds is 6. The van der Waals surface area contributed by atoms with E-state index in [-0.39, 0.29) is 30.5 Å². The molecule has 2 rings (SSSR count). The van der Waals surface area contributed by atoms with Crippen molar-refractivity contribution in [3.8, 4) is 5.75 Å². The molecule has 1 aliphatic carbocycles. The Morgan fingerprint density at radius 2 is 1.88 bits per heavy atom. The summed E-state index contributed by atoms with van der Waals surface area (Å²) in [4.78, 5) is 0. The summed E-state index contributed by atoms with van der Waals surface area (Å²) in [6, 6.07) is 5.69. The molecule has 0 heterocycles. The van der Waals surface area contributed by atoms with Crippen LogP contribution in [0.25, 0.3) is 0 Å². The number of amidine groups is 1. The SMILES string of the molecule is CCOCOc1ccc(C(N)=NO)cc1C1(C)CCCCC1.Cl.NO. The zero-order valence-electron chi connectivity index (χ0n) is 14.9. The molecule has 0 unspecified atom stereocenters. The molecule has 1 aliphatic rings. The Hall–Kier alpha value is -1.54. The molecule has 144 valence electrons. The van der Waals surface area contributed by atoms with Crippen molar-refractivity contribution in [3.05, 3.63) is 29.3 Å². The summed E-state index contributed by atoms with van der Waals surface area (Å²) in [7, 11) is 0. The highest BCUT2D eigenvalue weighted by atomic mass is 35.5. The van der Waals surface area contributed by atoms with Crippen LogP contribution in [0.2, 0.25) is 0 Å². The molecule has 0 aliphatic heterocycles. The van der Waals surface area contributed by atoms with Crippen molar-refractivity contribution in [2.24, 2.45) is 16.8 Å². The van der Waals surface area contributed by atoms with Crippen molar-refractivity contribution in [3.63, 3.8) is 0 Å². The van der Waals surface area contributed by atoms with Crippen LogP contribution in [0.5, 0.6) is 5.75 Å². The predicted molar refractivity (Wildman–Crippen MR) is 99.7 cm³/mol. The standard InChI is InChI=1S/C17H26N2O3.ClH.H3NO/c1-3-21-12-22-15-8-7-13(16(18)19-20)11-14(15)17(2)9-5-4-6-10-17;;1-2/h7-8,11,20H,3-6,9-10,12H2,1-2H3,(H2,18,19);1H;2H,1H2. The van der Waals surface area contributed by atoms with Crippen LogP contribution in [-0.2, 0) is 10.2 Å². The van der Waals surface area contributed by atoms with E-state index < -0.39 is 0 Å². The quantitative estimate of drug-likeness (QED) is 0.151. The molecule has 6 N–H and O–H groups in total. The van der Waals surface area contributed by atoms with E-state index in [9.17, 15) is 0 Å². The van der Waals surface area contributed by atoms with E-state index in [4.69, 9.17) is 25.6 Å². The van der Waals surface area contributed by atoms with E-state index in [0.29, 0.717) is 12.2 Å². The topological polar surface area (TPSA) is 123 Å². The van der Waals surface area contributed by atoms with Crippen LogP contribution in [0.1, 0.15) is 57.1 Å². The van der Waals surface area contributed by atoms with Gasteiger partial charge in [-0.25, -0.2) is 5.90 Å². The van der Waals surface area contributed by atoms with Gasteiger partial charge in [0.15, 0.2) is 12.6 Å². The van der Waals surface area contributed by atoms with E-state index in [1.165, 1.54) is 19.3 Å². The number of nitrogens with zero attached hydrogens (tertiary/aromatic N) is 1. The van der Waals surface area contributed by atoms with Gasteiger partial charge in [-0.2, -0.15) is 0 Å². The Morgan fingerprint density at radius 3 is 2.44 bits per heavy atom. The summed E-state index contributed by atoms with van der Waals surface area (Å²) in [5.41, 5.74) is 7.64. The van der Waals surface area contributed by atoms with Crippen molar-refractivity contribution >= 4 is 18.2 Å². The molecular formula is C17H30ClN3O4. The summed E-state index contributed by atoms with van der Waals surface area (Å²) in [5.74, 6) is 4.45. The van der Waals surface area contributed by atoms with Gasteiger partial charge in [0.05, 0.1) is 0 Å². The average molecular weight is 376 g/mol. The molecule has 8 heteroatoms. The van der Waals surface area contributed by atoms with Gasteiger partial charge >= 0.3 is 0 Å². The second-order valence-electron chi connectivity index (χ2n) is 6.07. The summed E-state index contributed by atoms with van der Waals surface area (Å²) >= 11 is 0. The summed E-state index contributed by atoms with van der Waals surface area (Å²) in [5, 5.41) is 18.5. The molecule has 0 atom stereocenters. The van der Waals surface area contributed by atoms with Crippen molar-refractivity contribution < 1.29 is 19.9 Å². The lowest BCUT2D eigenvalue weighted by Crippen LogP contribution is -2.27. The first kappa shape index (κ1) is 23.5.